The first-order chi connectivity index (χ1) is 11.0. The molecule has 0 saturated carbocycles. The van der Waals surface area contributed by atoms with Gasteiger partial charge in [0.2, 0.25) is 10.0 Å². The van der Waals surface area contributed by atoms with Crippen LogP contribution in [0.2, 0.25) is 0 Å². The quantitative estimate of drug-likeness (QED) is 0.813. The van der Waals surface area contributed by atoms with Crippen LogP contribution in [0.25, 0.3) is 0 Å². The SMILES string of the molecule is N#Cc1cccc(CS(=O)(=O)NCC[C@@H](O)c2ccccc2)c1. The van der Waals surface area contributed by atoms with Gasteiger partial charge in [0.05, 0.1) is 23.5 Å². The molecular weight excluding hydrogens is 312 g/mol. The molecule has 0 aromatic heterocycles. The second-order valence-electron chi connectivity index (χ2n) is 5.18. The summed E-state index contributed by atoms with van der Waals surface area (Å²) < 4.78 is 26.6. The van der Waals surface area contributed by atoms with E-state index in [1.807, 2.05) is 24.3 Å². The van der Waals surface area contributed by atoms with Crippen molar-refractivity contribution in [1.29, 1.82) is 5.26 Å². The second-order valence-corrected chi connectivity index (χ2v) is 6.99. The van der Waals surface area contributed by atoms with Crippen molar-refractivity contribution in [3.8, 4) is 6.07 Å². The summed E-state index contributed by atoms with van der Waals surface area (Å²) in [6, 6.07) is 17.6. The Morgan fingerprint density at radius 3 is 2.57 bits per heavy atom. The van der Waals surface area contributed by atoms with Crippen molar-refractivity contribution >= 4 is 10.0 Å². The number of rotatable bonds is 7. The Morgan fingerprint density at radius 2 is 1.87 bits per heavy atom. The van der Waals surface area contributed by atoms with Gasteiger partial charge in [-0.25, -0.2) is 13.1 Å². The highest BCUT2D eigenvalue weighted by Crippen LogP contribution is 2.15. The molecule has 0 radical (unpaired) electrons. The summed E-state index contributed by atoms with van der Waals surface area (Å²) in [7, 11) is -3.51. The van der Waals surface area contributed by atoms with Crippen LogP contribution < -0.4 is 4.72 Å². The number of hydrogen-bond donors (Lipinski definition) is 2. The fourth-order valence-electron chi connectivity index (χ4n) is 2.19. The monoisotopic (exact) mass is 330 g/mol. The molecule has 0 heterocycles. The van der Waals surface area contributed by atoms with Gasteiger partial charge in [-0.05, 0) is 29.7 Å². The largest absolute Gasteiger partial charge is 0.388 e. The molecule has 0 aliphatic heterocycles. The van der Waals surface area contributed by atoms with Crippen LogP contribution in [0, 0.1) is 11.3 Å². The maximum absolute atomic E-state index is 12.0. The van der Waals surface area contributed by atoms with Gasteiger partial charge in [-0.15, -0.1) is 0 Å². The minimum absolute atomic E-state index is 0.149. The summed E-state index contributed by atoms with van der Waals surface area (Å²) >= 11 is 0. The highest BCUT2D eigenvalue weighted by atomic mass is 32.2. The lowest BCUT2D eigenvalue weighted by atomic mass is 10.1. The summed E-state index contributed by atoms with van der Waals surface area (Å²) in [5, 5.41) is 18.8. The zero-order valence-corrected chi connectivity index (χ0v) is 13.3. The molecule has 0 amide bonds. The lowest BCUT2D eigenvalue weighted by Crippen LogP contribution is -2.27. The number of hydrogen-bond acceptors (Lipinski definition) is 4. The molecule has 5 nitrogen and oxygen atoms in total. The van der Waals surface area contributed by atoms with Crippen LogP contribution in [0.4, 0.5) is 0 Å². The predicted octanol–water partition coefficient (Wildman–Crippen LogP) is 2.10. The Balaban J connectivity index is 1.88. The summed E-state index contributed by atoms with van der Waals surface area (Å²) in [5.74, 6) is -0.191. The summed E-state index contributed by atoms with van der Waals surface area (Å²) in [6.07, 6.45) is -0.414. The maximum atomic E-state index is 12.0. The number of aliphatic hydroxyl groups is 1. The van der Waals surface area contributed by atoms with Crippen molar-refractivity contribution in [2.24, 2.45) is 0 Å². The van der Waals surface area contributed by atoms with E-state index < -0.39 is 16.1 Å². The van der Waals surface area contributed by atoms with Gasteiger partial charge < -0.3 is 5.11 Å². The van der Waals surface area contributed by atoms with Gasteiger partial charge >= 0.3 is 0 Å². The summed E-state index contributed by atoms with van der Waals surface area (Å²) in [4.78, 5) is 0. The highest BCUT2D eigenvalue weighted by molar-refractivity contribution is 7.88. The van der Waals surface area contributed by atoms with Crippen LogP contribution in [0.15, 0.2) is 54.6 Å². The second kappa shape index (κ2) is 7.88. The van der Waals surface area contributed by atoms with E-state index in [1.54, 1.807) is 36.4 Å². The molecule has 2 aromatic carbocycles. The zero-order chi connectivity index (χ0) is 16.7. The van der Waals surface area contributed by atoms with Crippen LogP contribution in [-0.2, 0) is 15.8 Å². The third-order valence-electron chi connectivity index (χ3n) is 3.34. The Labute approximate surface area is 136 Å². The average Bonchev–Trinajstić information content (AvgIpc) is 2.55. The molecule has 2 rings (SSSR count). The fourth-order valence-corrected chi connectivity index (χ4v) is 3.34. The predicted molar refractivity (Wildman–Crippen MR) is 87.8 cm³/mol. The molecule has 23 heavy (non-hydrogen) atoms. The van der Waals surface area contributed by atoms with Crippen molar-refractivity contribution in [1.82, 2.24) is 4.72 Å². The van der Waals surface area contributed by atoms with Crippen LogP contribution in [-0.4, -0.2) is 20.1 Å². The topological polar surface area (TPSA) is 90.2 Å². The van der Waals surface area contributed by atoms with Crippen LogP contribution in [0.1, 0.15) is 29.2 Å². The lowest BCUT2D eigenvalue weighted by molar-refractivity contribution is 0.169. The Bertz CT molecular complexity index is 783. The molecule has 2 N–H and O–H groups in total. The first-order valence-electron chi connectivity index (χ1n) is 7.19. The van der Waals surface area contributed by atoms with Gasteiger partial charge in [0.25, 0.3) is 0 Å². The number of nitrogens with one attached hydrogen (secondary N) is 1. The fraction of sp³-hybridized carbons (Fsp3) is 0.235. The third-order valence-corrected chi connectivity index (χ3v) is 4.69. The number of nitriles is 1. The first-order valence-corrected chi connectivity index (χ1v) is 8.85. The molecule has 0 aliphatic carbocycles. The molecule has 120 valence electrons. The van der Waals surface area contributed by atoms with Crippen molar-refractivity contribution in [2.45, 2.75) is 18.3 Å². The summed E-state index contributed by atoms with van der Waals surface area (Å²) in [6.45, 7) is 0.149. The van der Waals surface area contributed by atoms with Crippen molar-refractivity contribution in [3.05, 3.63) is 71.3 Å². The number of sulfonamides is 1. The standard InChI is InChI=1S/C17H18N2O3S/c18-12-14-5-4-6-15(11-14)13-23(21,22)19-10-9-17(20)16-7-2-1-3-8-16/h1-8,11,17,19-20H,9-10,13H2/t17-/m1/s1. The minimum Gasteiger partial charge on any atom is -0.388 e. The van der Waals surface area contributed by atoms with E-state index in [-0.39, 0.29) is 12.3 Å². The van der Waals surface area contributed by atoms with Crippen molar-refractivity contribution < 1.29 is 13.5 Å². The summed E-state index contributed by atoms with van der Waals surface area (Å²) in [5.41, 5.74) is 1.74. The van der Waals surface area contributed by atoms with E-state index in [0.717, 1.165) is 5.56 Å². The van der Waals surface area contributed by atoms with E-state index in [0.29, 0.717) is 17.5 Å². The highest BCUT2D eigenvalue weighted by Gasteiger charge is 2.13. The Morgan fingerprint density at radius 1 is 1.13 bits per heavy atom. The van der Waals surface area contributed by atoms with Crippen molar-refractivity contribution in [2.75, 3.05) is 6.54 Å². The van der Waals surface area contributed by atoms with Gasteiger partial charge in [-0.3, -0.25) is 0 Å². The van der Waals surface area contributed by atoms with Crippen LogP contribution in [0.3, 0.4) is 0 Å². The van der Waals surface area contributed by atoms with Crippen LogP contribution >= 0.6 is 0 Å². The van der Waals surface area contributed by atoms with Gasteiger partial charge in [0.1, 0.15) is 0 Å². The molecule has 0 unspecified atom stereocenters. The zero-order valence-electron chi connectivity index (χ0n) is 12.5. The third kappa shape index (κ3) is 5.49. The molecule has 0 fully saturated rings. The molecule has 0 spiro atoms. The van der Waals surface area contributed by atoms with Gasteiger partial charge in [-0.2, -0.15) is 5.26 Å². The molecule has 1 atom stereocenters. The molecule has 0 saturated heterocycles. The van der Waals surface area contributed by atoms with E-state index in [9.17, 15) is 13.5 Å². The van der Waals surface area contributed by atoms with Gasteiger partial charge in [0.15, 0.2) is 0 Å². The Kier molecular flexibility index (Phi) is 5.88. The molecule has 0 bridgehead atoms. The van der Waals surface area contributed by atoms with Crippen LogP contribution in [0.5, 0.6) is 0 Å². The number of benzene rings is 2. The molecule has 2 aromatic rings. The lowest BCUT2D eigenvalue weighted by Gasteiger charge is -2.12. The van der Waals surface area contributed by atoms with E-state index in [1.165, 1.54) is 0 Å². The number of nitrogens with zero attached hydrogens (tertiary/aromatic N) is 1. The van der Waals surface area contributed by atoms with E-state index in [4.69, 9.17) is 5.26 Å². The van der Waals surface area contributed by atoms with E-state index in [2.05, 4.69) is 4.72 Å². The minimum atomic E-state index is -3.51. The average molecular weight is 330 g/mol. The molecule has 0 aliphatic rings. The Hall–Kier alpha value is -2.20. The van der Waals surface area contributed by atoms with Gasteiger partial charge in [-0.1, -0.05) is 42.5 Å². The number of aliphatic hydroxyl groups excluding tert-OH is 1. The smallest absolute Gasteiger partial charge is 0.215 e. The maximum Gasteiger partial charge on any atom is 0.215 e. The van der Waals surface area contributed by atoms with Gasteiger partial charge in [0, 0.05) is 6.54 Å². The molecule has 6 heteroatoms. The van der Waals surface area contributed by atoms with Crippen molar-refractivity contribution in [3.63, 3.8) is 0 Å². The first kappa shape index (κ1) is 17.2. The normalized spacial score (nSPS) is 12.5. The molecular formula is C17H18N2O3S. The van der Waals surface area contributed by atoms with E-state index >= 15 is 0 Å².